The number of furan rings is 1. The van der Waals surface area contributed by atoms with Gasteiger partial charge in [0.25, 0.3) is 0 Å². The fraction of sp³-hybridized carbons (Fsp3) is 0.692. The Kier molecular flexibility index (Phi) is 6.35. The average Bonchev–Trinajstić information content (AvgIpc) is 2.76. The summed E-state index contributed by atoms with van der Waals surface area (Å²) in [6, 6.07) is 2.20. The molecule has 2 N–H and O–H groups in total. The molecule has 0 fully saturated rings. The molecule has 0 saturated heterocycles. The van der Waals surface area contributed by atoms with E-state index in [0.29, 0.717) is 6.54 Å². The highest BCUT2D eigenvalue weighted by molar-refractivity contribution is 5.15. The Morgan fingerprint density at radius 3 is 2.50 bits per heavy atom. The van der Waals surface area contributed by atoms with Crippen LogP contribution in [0.4, 0.5) is 0 Å². The number of aryl methyl sites for hydroxylation is 1. The Hall–Kier alpha value is -0.880. The van der Waals surface area contributed by atoms with Crippen LogP contribution in [-0.4, -0.2) is 45.0 Å². The molecule has 0 aromatic carbocycles. The van der Waals surface area contributed by atoms with Crippen LogP contribution in [0.1, 0.15) is 17.7 Å². The van der Waals surface area contributed by atoms with Gasteiger partial charge in [-0.1, -0.05) is 0 Å². The van der Waals surface area contributed by atoms with Crippen molar-refractivity contribution < 1.29 is 13.9 Å². The van der Waals surface area contributed by atoms with Crippen LogP contribution in [0, 0.1) is 6.92 Å². The van der Waals surface area contributed by atoms with Crippen LogP contribution in [0.15, 0.2) is 16.7 Å². The van der Waals surface area contributed by atoms with Gasteiger partial charge >= 0.3 is 0 Å². The van der Waals surface area contributed by atoms with Crippen LogP contribution >= 0.6 is 0 Å². The SMILES string of the molecule is COC(CC(CN)N(C)Cc1ccoc1C)OC. The molecule has 0 bridgehead atoms. The first-order valence-electron chi connectivity index (χ1n) is 6.11. The maximum absolute atomic E-state index is 5.82. The van der Waals surface area contributed by atoms with Gasteiger partial charge in [-0.25, -0.2) is 0 Å². The van der Waals surface area contributed by atoms with Crippen molar-refractivity contribution in [3.63, 3.8) is 0 Å². The van der Waals surface area contributed by atoms with Crippen LogP contribution in [0.5, 0.6) is 0 Å². The van der Waals surface area contributed by atoms with Crippen LogP contribution in [0.25, 0.3) is 0 Å². The molecule has 0 radical (unpaired) electrons. The highest BCUT2D eigenvalue weighted by atomic mass is 16.7. The van der Waals surface area contributed by atoms with E-state index >= 15 is 0 Å². The molecule has 1 aromatic rings. The lowest BCUT2D eigenvalue weighted by Crippen LogP contribution is -2.40. The van der Waals surface area contributed by atoms with Crippen molar-refractivity contribution in [2.24, 2.45) is 5.73 Å². The lowest BCUT2D eigenvalue weighted by molar-refractivity contribution is -0.116. The van der Waals surface area contributed by atoms with Gasteiger partial charge in [-0.15, -0.1) is 0 Å². The number of methoxy groups -OCH3 is 2. The Morgan fingerprint density at radius 1 is 1.39 bits per heavy atom. The molecule has 0 aliphatic heterocycles. The summed E-state index contributed by atoms with van der Waals surface area (Å²) < 4.78 is 15.7. The van der Waals surface area contributed by atoms with E-state index in [1.165, 1.54) is 5.56 Å². The van der Waals surface area contributed by atoms with Gasteiger partial charge in [0.05, 0.1) is 6.26 Å². The first-order valence-corrected chi connectivity index (χ1v) is 6.11. The van der Waals surface area contributed by atoms with Crippen molar-refractivity contribution in [1.29, 1.82) is 0 Å². The van der Waals surface area contributed by atoms with E-state index in [2.05, 4.69) is 4.90 Å². The van der Waals surface area contributed by atoms with Gasteiger partial charge in [0.15, 0.2) is 6.29 Å². The van der Waals surface area contributed by atoms with Crippen molar-refractivity contribution in [3.05, 3.63) is 23.7 Å². The summed E-state index contributed by atoms with van der Waals surface area (Å²) in [6.07, 6.45) is 2.24. The molecule has 0 saturated carbocycles. The third kappa shape index (κ3) is 4.10. The second-order valence-corrected chi connectivity index (χ2v) is 4.44. The van der Waals surface area contributed by atoms with Crippen LogP contribution in [0.3, 0.4) is 0 Å². The standard InChI is InChI=1S/C13H24N2O3/c1-10-11(5-6-18-10)9-15(2)12(8-14)7-13(16-3)17-4/h5-6,12-13H,7-9,14H2,1-4H3. The quantitative estimate of drug-likeness (QED) is 0.712. The van der Waals surface area contributed by atoms with Gasteiger partial charge in [-0.05, 0) is 20.0 Å². The molecule has 1 rings (SSSR count). The number of hydrogen-bond acceptors (Lipinski definition) is 5. The fourth-order valence-electron chi connectivity index (χ4n) is 1.94. The molecule has 5 heteroatoms. The Morgan fingerprint density at radius 2 is 2.06 bits per heavy atom. The molecule has 1 atom stereocenters. The van der Waals surface area contributed by atoms with Gasteiger partial charge in [0.1, 0.15) is 5.76 Å². The summed E-state index contributed by atoms with van der Waals surface area (Å²) in [6.45, 7) is 3.34. The molecule has 1 heterocycles. The van der Waals surface area contributed by atoms with Crippen molar-refractivity contribution in [2.45, 2.75) is 32.2 Å². The summed E-state index contributed by atoms with van der Waals surface area (Å²) in [5.74, 6) is 0.952. The molecule has 0 amide bonds. The minimum absolute atomic E-state index is 0.212. The second-order valence-electron chi connectivity index (χ2n) is 4.44. The van der Waals surface area contributed by atoms with Crippen molar-refractivity contribution >= 4 is 0 Å². The normalized spacial score (nSPS) is 13.5. The lowest BCUT2D eigenvalue weighted by Gasteiger charge is -2.29. The number of nitrogens with two attached hydrogens (primary N) is 1. The maximum Gasteiger partial charge on any atom is 0.158 e. The zero-order chi connectivity index (χ0) is 13.5. The zero-order valence-electron chi connectivity index (χ0n) is 11.7. The van der Waals surface area contributed by atoms with Gasteiger partial charge in [0, 0.05) is 45.3 Å². The summed E-state index contributed by atoms with van der Waals surface area (Å²) in [5, 5.41) is 0. The largest absolute Gasteiger partial charge is 0.469 e. The molecular weight excluding hydrogens is 232 g/mol. The average molecular weight is 256 g/mol. The molecule has 5 nitrogen and oxygen atoms in total. The third-order valence-electron chi connectivity index (χ3n) is 3.27. The maximum atomic E-state index is 5.82. The number of likely N-dealkylation sites (N-methyl/N-ethyl adjacent to an activating group) is 1. The van der Waals surface area contributed by atoms with E-state index in [1.54, 1.807) is 20.5 Å². The van der Waals surface area contributed by atoms with Gasteiger partial charge in [-0.2, -0.15) is 0 Å². The van der Waals surface area contributed by atoms with E-state index in [0.717, 1.165) is 18.7 Å². The summed E-state index contributed by atoms with van der Waals surface area (Å²) in [7, 11) is 5.33. The van der Waals surface area contributed by atoms with Crippen molar-refractivity contribution in [3.8, 4) is 0 Å². The van der Waals surface area contributed by atoms with Crippen molar-refractivity contribution in [2.75, 3.05) is 27.8 Å². The highest BCUT2D eigenvalue weighted by Gasteiger charge is 2.19. The monoisotopic (exact) mass is 256 g/mol. The summed E-state index contributed by atoms with van der Waals surface area (Å²) in [4.78, 5) is 2.20. The predicted octanol–water partition coefficient (Wildman–Crippen LogP) is 1.36. The third-order valence-corrected chi connectivity index (χ3v) is 3.27. The summed E-state index contributed by atoms with van der Waals surface area (Å²) in [5.41, 5.74) is 7.00. The molecule has 0 aliphatic rings. The van der Waals surface area contributed by atoms with E-state index in [1.807, 2.05) is 20.0 Å². The van der Waals surface area contributed by atoms with Crippen LogP contribution < -0.4 is 5.73 Å². The Balaban J connectivity index is 2.56. The summed E-state index contributed by atoms with van der Waals surface area (Å²) >= 11 is 0. The molecule has 0 aliphatic carbocycles. The topological polar surface area (TPSA) is 60.9 Å². The van der Waals surface area contributed by atoms with Crippen LogP contribution in [0.2, 0.25) is 0 Å². The predicted molar refractivity (Wildman–Crippen MR) is 70.2 cm³/mol. The number of hydrogen-bond donors (Lipinski definition) is 1. The Labute approximate surface area is 109 Å². The minimum atomic E-state index is -0.216. The first kappa shape index (κ1) is 15.2. The van der Waals surface area contributed by atoms with Gasteiger partial charge < -0.3 is 19.6 Å². The molecular formula is C13H24N2O3. The smallest absolute Gasteiger partial charge is 0.158 e. The molecule has 0 spiro atoms. The molecule has 104 valence electrons. The Bertz CT molecular complexity index is 337. The van der Waals surface area contributed by atoms with E-state index in [-0.39, 0.29) is 12.3 Å². The van der Waals surface area contributed by atoms with E-state index in [9.17, 15) is 0 Å². The molecule has 18 heavy (non-hydrogen) atoms. The second kappa shape index (κ2) is 7.53. The minimum Gasteiger partial charge on any atom is -0.469 e. The van der Waals surface area contributed by atoms with Gasteiger partial charge in [-0.3, -0.25) is 4.90 Å². The molecule has 1 aromatic heterocycles. The first-order chi connectivity index (χ1) is 8.62. The number of rotatable bonds is 8. The zero-order valence-corrected chi connectivity index (χ0v) is 11.7. The van der Waals surface area contributed by atoms with Gasteiger partial charge in [0.2, 0.25) is 0 Å². The number of ether oxygens (including phenoxy) is 2. The lowest BCUT2D eigenvalue weighted by atomic mass is 10.1. The van der Waals surface area contributed by atoms with E-state index in [4.69, 9.17) is 19.6 Å². The van der Waals surface area contributed by atoms with E-state index < -0.39 is 0 Å². The highest BCUT2D eigenvalue weighted by Crippen LogP contribution is 2.15. The van der Waals surface area contributed by atoms with Crippen LogP contribution in [-0.2, 0) is 16.0 Å². The number of nitrogens with zero attached hydrogens (tertiary/aromatic N) is 1. The van der Waals surface area contributed by atoms with Crippen molar-refractivity contribution in [1.82, 2.24) is 4.90 Å². The molecule has 1 unspecified atom stereocenters. The fourth-order valence-corrected chi connectivity index (χ4v) is 1.94.